The normalized spacial score (nSPS) is 17.4. The number of rotatable bonds is 4. The van der Waals surface area contributed by atoms with E-state index in [9.17, 15) is 0 Å². The van der Waals surface area contributed by atoms with Crippen LogP contribution in [0.1, 0.15) is 23.2 Å². The van der Waals surface area contributed by atoms with Gasteiger partial charge in [-0.3, -0.25) is 4.99 Å². The summed E-state index contributed by atoms with van der Waals surface area (Å²) in [6.45, 7) is 0.692. The molecular weight excluding hydrogens is 366 g/mol. The van der Waals surface area contributed by atoms with Crippen LogP contribution in [0.5, 0.6) is 5.88 Å². The fraction of sp³-hybridized carbons (Fsp3) is 0.174. The van der Waals surface area contributed by atoms with Crippen LogP contribution in [0.3, 0.4) is 0 Å². The monoisotopic (exact) mass is 385 g/mol. The van der Waals surface area contributed by atoms with Crippen LogP contribution in [-0.2, 0) is 5.41 Å². The summed E-state index contributed by atoms with van der Waals surface area (Å²) in [6.07, 6.45) is 5.44. The molecule has 4 nitrogen and oxygen atoms in total. The van der Waals surface area contributed by atoms with Crippen LogP contribution >= 0.6 is 11.7 Å². The minimum absolute atomic E-state index is 0.184. The number of hydrogen-bond donors (Lipinski definition) is 0. The molecule has 138 valence electrons. The summed E-state index contributed by atoms with van der Waals surface area (Å²) in [4.78, 5) is 4.80. The van der Waals surface area contributed by atoms with E-state index in [2.05, 4.69) is 81.6 Å². The second-order valence-corrected chi connectivity index (χ2v) is 7.55. The number of aliphatic imine (C=N–C) groups is 1. The van der Waals surface area contributed by atoms with Crippen LogP contribution in [0.15, 0.2) is 89.0 Å². The molecule has 5 heteroatoms. The maximum Gasteiger partial charge on any atom is 0.255 e. The summed E-state index contributed by atoms with van der Waals surface area (Å²) in [5.74, 6) is 0.550. The second-order valence-electron chi connectivity index (χ2n) is 7.02. The third kappa shape index (κ3) is 2.62. The summed E-state index contributed by atoms with van der Waals surface area (Å²) in [6, 6.07) is 21.4. The van der Waals surface area contributed by atoms with Crippen LogP contribution in [0, 0.1) is 0 Å². The number of benzene rings is 2. The lowest BCUT2D eigenvalue weighted by Crippen LogP contribution is -2.29. The van der Waals surface area contributed by atoms with Gasteiger partial charge in [0.1, 0.15) is 0 Å². The van der Waals surface area contributed by atoms with Crippen molar-refractivity contribution in [2.45, 2.75) is 11.8 Å². The predicted molar refractivity (Wildman–Crippen MR) is 112 cm³/mol. The zero-order chi connectivity index (χ0) is 19.0. The van der Waals surface area contributed by atoms with Gasteiger partial charge in [-0.15, -0.1) is 4.37 Å². The van der Waals surface area contributed by atoms with E-state index in [1.54, 1.807) is 7.11 Å². The molecule has 0 bridgehead atoms. The van der Waals surface area contributed by atoms with Crippen LogP contribution < -0.4 is 4.74 Å². The summed E-state index contributed by atoms with van der Waals surface area (Å²) >= 11 is 1.16. The highest BCUT2D eigenvalue weighted by molar-refractivity contribution is 6.99. The van der Waals surface area contributed by atoms with Gasteiger partial charge in [0.15, 0.2) is 5.69 Å². The first kappa shape index (κ1) is 17.1. The topological polar surface area (TPSA) is 47.4 Å². The van der Waals surface area contributed by atoms with E-state index < -0.39 is 0 Å². The molecule has 2 aromatic carbocycles. The Bertz CT molecular complexity index is 1060. The highest BCUT2D eigenvalue weighted by atomic mass is 32.1. The third-order valence-electron chi connectivity index (χ3n) is 5.54. The molecule has 0 amide bonds. The van der Waals surface area contributed by atoms with Gasteiger partial charge in [-0.1, -0.05) is 72.8 Å². The summed E-state index contributed by atoms with van der Waals surface area (Å²) in [5, 5.41) is 0. The van der Waals surface area contributed by atoms with Gasteiger partial charge in [0.2, 0.25) is 0 Å². The van der Waals surface area contributed by atoms with E-state index in [-0.39, 0.29) is 5.41 Å². The first-order valence-electron chi connectivity index (χ1n) is 9.26. The molecule has 0 unspecified atom stereocenters. The Morgan fingerprint density at radius 1 is 0.929 bits per heavy atom. The highest BCUT2D eigenvalue weighted by Crippen LogP contribution is 2.45. The number of hydrogen-bond acceptors (Lipinski definition) is 5. The number of nitrogens with zero attached hydrogens (tertiary/aromatic N) is 3. The Hall–Kier alpha value is -3.05. The third-order valence-corrected chi connectivity index (χ3v) is 6.06. The van der Waals surface area contributed by atoms with Crippen molar-refractivity contribution in [3.63, 3.8) is 0 Å². The van der Waals surface area contributed by atoms with Crippen molar-refractivity contribution in [3.8, 4) is 5.88 Å². The molecule has 1 aliphatic carbocycles. The zero-order valence-corrected chi connectivity index (χ0v) is 16.3. The number of ether oxygens (including phenoxy) is 1. The fourth-order valence-electron chi connectivity index (χ4n) is 4.18. The first-order chi connectivity index (χ1) is 13.8. The standard InChI is InChI=1S/C23H19N3OS/c1-27-22-21(25-28-26-22)20-19-12-13-23(14-16(19)15-24-20,17-8-4-2-5-9-17)18-10-6-3-7-11-18/h2-13H,14-15H2,1H3. The first-order valence-corrected chi connectivity index (χ1v) is 9.99. The Labute approximate surface area is 168 Å². The molecule has 1 aromatic heterocycles. The molecule has 1 aliphatic heterocycles. The van der Waals surface area contributed by atoms with E-state index >= 15 is 0 Å². The molecule has 3 aromatic rings. The molecule has 0 fully saturated rings. The molecular formula is C23H19N3OS. The largest absolute Gasteiger partial charge is 0.479 e. The fourth-order valence-corrected chi connectivity index (χ4v) is 4.70. The Morgan fingerprint density at radius 3 is 2.25 bits per heavy atom. The molecule has 0 saturated heterocycles. The van der Waals surface area contributed by atoms with Crippen LogP contribution in [0.25, 0.3) is 0 Å². The maximum atomic E-state index is 5.37. The van der Waals surface area contributed by atoms with Gasteiger partial charge in [-0.25, -0.2) is 0 Å². The van der Waals surface area contributed by atoms with E-state index in [1.165, 1.54) is 16.7 Å². The average molecular weight is 385 g/mol. The van der Waals surface area contributed by atoms with Crippen molar-refractivity contribution < 1.29 is 4.74 Å². The van der Waals surface area contributed by atoms with Gasteiger partial charge in [-0.05, 0) is 23.1 Å². The Morgan fingerprint density at radius 2 is 1.61 bits per heavy atom. The lowest BCUT2D eigenvalue weighted by atomic mass is 9.67. The van der Waals surface area contributed by atoms with E-state index in [1.807, 2.05) is 0 Å². The molecule has 0 N–H and O–H groups in total. The van der Waals surface area contributed by atoms with Crippen LogP contribution in [0.4, 0.5) is 0 Å². The van der Waals surface area contributed by atoms with Gasteiger partial charge >= 0.3 is 0 Å². The zero-order valence-electron chi connectivity index (χ0n) is 15.5. The highest BCUT2D eigenvalue weighted by Gasteiger charge is 2.38. The van der Waals surface area contributed by atoms with Crippen molar-refractivity contribution in [3.05, 3.63) is 101 Å². The maximum absolute atomic E-state index is 5.37. The van der Waals surface area contributed by atoms with Gasteiger partial charge in [0, 0.05) is 11.0 Å². The second kappa shape index (κ2) is 6.84. The Kier molecular flexibility index (Phi) is 4.17. The molecule has 0 radical (unpaired) electrons. The number of methoxy groups -OCH3 is 1. The van der Waals surface area contributed by atoms with Gasteiger partial charge in [0.25, 0.3) is 5.88 Å². The van der Waals surface area contributed by atoms with Crippen molar-refractivity contribution in [2.24, 2.45) is 4.99 Å². The van der Waals surface area contributed by atoms with Crippen molar-refractivity contribution in [1.82, 2.24) is 8.75 Å². The number of allylic oxidation sites excluding steroid dienone is 3. The van der Waals surface area contributed by atoms with Crippen molar-refractivity contribution >= 4 is 17.4 Å². The molecule has 0 spiro atoms. The molecule has 28 heavy (non-hydrogen) atoms. The van der Waals surface area contributed by atoms with Crippen LogP contribution in [0.2, 0.25) is 0 Å². The Balaban J connectivity index is 1.59. The lowest BCUT2D eigenvalue weighted by Gasteiger charge is -2.35. The van der Waals surface area contributed by atoms with Gasteiger partial charge in [-0.2, -0.15) is 4.37 Å². The lowest BCUT2D eigenvalue weighted by molar-refractivity contribution is 0.401. The van der Waals surface area contributed by atoms with E-state index in [0.29, 0.717) is 12.4 Å². The minimum atomic E-state index is -0.184. The van der Waals surface area contributed by atoms with E-state index in [0.717, 1.165) is 35.1 Å². The minimum Gasteiger partial charge on any atom is -0.479 e. The van der Waals surface area contributed by atoms with Gasteiger partial charge < -0.3 is 4.74 Å². The smallest absolute Gasteiger partial charge is 0.255 e. The summed E-state index contributed by atoms with van der Waals surface area (Å²) in [5.41, 5.74) is 6.54. The number of aromatic nitrogens is 2. The molecule has 0 saturated carbocycles. The molecule has 0 atom stereocenters. The van der Waals surface area contributed by atoms with Crippen LogP contribution in [-0.4, -0.2) is 28.1 Å². The summed E-state index contributed by atoms with van der Waals surface area (Å²) < 4.78 is 14.0. The molecule has 2 aliphatic rings. The average Bonchev–Trinajstić information content (AvgIpc) is 3.40. The summed E-state index contributed by atoms with van der Waals surface area (Å²) in [7, 11) is 1.62. The predicted octanol–water partition coefficient (Wildman–Crippen LogP) is 4.59. The van der Waals surface area contributed by atoms with Crippen molar-refractivity contribution in [1.29, 1.82) is 0 Å². The van der Waals surface area contributed by atoms with Gasteiger partial charge in [0.05, 0.1) is 31.1 Å². The molecule has 2 heterocycles. The SMILES string of the molecule is COc1nsnc1C1=NCC2=C1C=CC(c1ccccc1)(c1ccccc1)C2. The van der Waals surface area contributed by atoms with Crippen molar-refractivity contribution in [2.75, 3.05) is 13.7 Å². The van der Waals surface area contributed by atoms with E-state index in [4.69, 9.17) is 9.73 Å². The molecule has 5 rings (SSSR count). The quantitative estimate of drug-likeness (QED) is 0.660.